The molecule has 1 aliphatic rings. The number of rotatable bonds is 4. The molecule has 1 atom stereocenters. The molecule has 1 aliphatic heterocycles. The second kappa shape index (κ2) is 7.48. The first-order chi connectivity index (χ1) is 9.99. The lowest BCUT2D eigenvalue weighted by molar-refractivity contribution is 0.0672. The normalized spacial score (nSPS) is 19.1. The van der Waals surface area contributed by atoms with Crippen molar-refractivity contribution in [2.75, 3.05) is 19.6 Å². The summed E-state index contributed by atoms with van der Waals surface area (Å²) in [6.07, 6.45) is 2.18. The number of hydrogen-bond acceptors (Lipinski definition) is 2. The highest BCUT2D eigenvalue weighted by atomic mass is 35.5. The first kappa shape index (κ1) is 16.6. The number of halogens is 2. The number of piperidine rings is 1. The van der Waals surface area contributed by atoms with Gasteiger partial charge in [-0.2, -0.15) is 0 Å². The number of nitrogens with zero attached hydrogens (tertiary/aromatic N) is 1. The first-order valence-corrected chi connectivity index (χ1v) is 8.21. The second-order valence-corrected chi connectivity index (χ2v) is 6.73. The van der Waals surface area contributed by atoms with Gasteiger partial charge in [0.25, 0.3) is 5.91 Å². The fourth-order valence-corrected chi connectivity index (χ4v) is 3.24. The number of hydrogen-bond donors (Lipinski definition) is 1. The summed E-state index contributed by atoms with van der Waals surface area (Å²) in [5.41, 5.74) is 0.429. The van der Waals surface area contributed by atoms with Gasteiger partial charge in [0, 0.05) is 19.1 Å². The van der Waals surface area contributed by atoms with Gasteiger partial charge in [0.2, 0.25) is 0 Å². The molecule has 0 radical (unpaired) electrons. The van der Waals surface area contributed by atoms with E-state index in [9.17, 15) is 4.79 Å². The van der Waals surface area contributed by atoms with E-state index in [0.29, 0.717) is 27.6 Å². The average molecular weight is 329 g/mol. The van der Waals surface area contributed by atoms with Crippen molar-refractivity contribution in [2.24, 2.45) is 5.92 Å². The van der Waals surface area contributed by atoms with Gasteiger partial charge < -0.3 is 10.2 Å². The van der Waals surface area contributed by atoms with Gasteiger partial charge in [0.15, 0.2) is 0 Å². The minimum absolute atomic E-state index is 0.0557. The third kappa shape index (κ3) is 4.35. The van der Waals surface area contributed by atoms with Crippen LogP contribution in [0.1, 0.15) is 37.0 Å². The van der Waals surface area contributed by atoms with Gasteiger partial charge in [-0.15, -0.1) is 0 Å². The lowest BCUT2D eigenvalue weighted by Crippen LogP contribution is -2.43. The number of likely N-dealkylation sites (tertiary alicyclic amines) is 1. The number of benzene rings is 1. The Kier molecular flexibility index (Phi) is 5.91. The van der Waals surface area contributed by atoms with Crippen molar-refractivity contribution in [3.05, 3.63) is 33.8 Å². The van der Waals surface area contributed by atoms with Gasteiger partial charge in [-0.25, -0.2) is 0 Å². The van der Waals surface area contributed by atoms with Crippen LogP contribution < -0.4 is 5.32 Å². The van der Waals surface area contributed by atoms with E-state index in [1.54, 1.807) is 18.2 Å². The molecule has 2 rings (SSSR count). The molecule has 0 aromatic heterocycles. The first-order valence-electron chi connectivity index (χ1n) is 7.45. The second-order valence-electron chi connectivity index (χ2n) is 5.92. The maximum Gasteiger partial charge on any atom is 0.256 e. The maximum atomic E-state index is 12.7. The summed E-state index contributed by atoms with van der Waals surface area (Å²) in [5.74, 6) is 0.436. The Labute approximate surface area is 136 Å². The molecular formula is C16H22Cl2N2O. The van der Waals surface area contributed by atoms with Crippen LogP contribution in [0.2, 0.25) is 10.0 Å². The molecule has 0 saturated carbocycles. The molecule has 0 aliphatic carbocycles. The molecule has 1 aromatic rings. The zero-order valence-corrected chi connectivity index (χ0v) is 14.0. The zero-order valence-electron chi connectivity index (χ0n) is 12.5. The fourth-order valence-electron chi connectivity index (χ4n) is 2.68. The van der Waals surface area contributed by atoms with E-state index < -0.39 is 0 Å². The molecule has 1 N–H and O–H groups in total. The van der Waals surface area contributed by atoms with Gasteiger partial charge in [0.1, 0.15) is 0 Å². The summed E-state index contributed by atoms with van der Waals surface area (Å²) < 4.78 is 0. The van der Waals surface area contributed by atoms with Crippen molar-refractivity contribution in [1.82, 2.24) is 10.2 Å². The van der Waals surface area contributed by atoms with Crippen molar-refractivity contribution < 1.29 is 4.79 Å². The van der Waals surface area contributed by atoms with Crippen LogP contribution in [0.3, 0.4) is 0 Å². The summed E-state index contributed by atoms with van der Waals surface area (Å²) in [7, 11) is 0. The van der Waals surface area contributed by atoms with E-state index in [0.717, 1.165) is 32.5 Å². The van der Waals surface area contributed by atoms with E-state index >= 15 is 0 Å². The molecule has 0 spiro atoms. The standard InChI is InChI=1S/C16H22Cl2N2O/c1-11(2)19-9-12-5-4-8-20(10-12)16(21)15-13(17)6-3-7-14(15)18/h3,6-7,11-12,19H,4-5,8-10H2,1-2H3. The summed E-state index contributed by atoms with van der Waals surface area (Å²) >= 11 is 12.3. The number of carbonyl (C=O) groups excluding carboxylic acids is 1. The highest BCUT2D eigenvalue weighted by molar-refractivity contribution is 6.39. The van der Waals surface area contributed by atoms with Crippen LogP contribution >= 0.6 is 23.2 Å². The van der Waals surface area contributed by atoms with Gasteiger partial charge >= 0.3 is 0 Å². The molecule has 1 aromatic carbocycles. The third-order valence-corrected chi connectivity index (χ3v) is 4.43. The number of amides is 1. The Balaban J connectivity index is 2.05. The topological polar surface area (TPSA) is 32.3 Å². The smallest absolute Gasteiger partial charge is 0.256 e. The van der Waals surface area contributed by atoms with E-state index in [2.05, 4.69) is 19.2 Å². The Morgan fingerprint density at radius 2 is 2.05 bits per heavy atom. The van der Waals surface area contributed by atoms with Crippen LogP contribution in [-0.4, -0.2) is 36.5 Å². The molecular weight excluding hydrogens is 307 g/mol. The van der Waals surface area contributed by atoms with Crippen molar-refractivity contribution in [1.29, 1.82) is 0 Å². The predicted molar refractivity (Wildman–Crippen MR) is 88.2 cm³/mol. The van der Waals surface area contributed by atoms with Gasteiger partial charge in [-0.3, -0.25) is 4.79 Å². The lowest BCUT2D eigenvalue weighted by Gasteiger charge is -2.33. The highest BCUT2D eigenvalue weighted by Crippen LogP contribution is 2.27. The number of nitrogens with one attached hydrogen (secondary N) is 1. The van der Waals surface area contributed by atoms with Crippen molar-refractivity contribution in [2.45, 2.75) is 32.7 Å². The largest absolute Gasteiger partial charge is 0.338 e. The quantitative estimate of drug-likeness (QED) is 0.910. The van der Waals surface area contributed by atoms with E-state index in [-0.39, 0.29) is 5.91 Å². The third-order valence-electron chi connectivity index (χ3n) is 3.80. The van der Waals surface area contributed by atoms with E-state index in [1.807, 2.05) is 4.90 Å². The summed E-state index contributed by atoms with van der Waals surface area (Å²) in [6, 6.07) is 5.65. The fraction of sp³-hybridized carbons (Fsp3) is 0.562. The van der Waals surface area contributed by atoms with Crippen LogP contribution in [0, 0.1) is 5.92 Å². The molecule has 5 heteroatoms. The molecule has 0 bridgehead atoms. The van der Waals surface area contributed by atoms with Crippen molar-refractivity contribution in [3.63, 3.8) is 0 Å². The zero-order chi connectivity index (χ0) is 15.4. The van der Waals surface area contributed by atoms with Crippen LogP contribution in [0.5, 0.6) is 0 Å². The Morgan fingerprint density at radius 1 is 1.38 bits per heavy atom. The van der Waals surface area contributed by atoms with Crippen molar-refractivity contribution in [3.8, 4) is 0 Å². The Bertz CT molecular complexity index is 485. The highest BCUT2D eigenvalue weighted by Gasteiger charge is 2.26. The minimum Gasteiger partial charge on any atom is -0.338 e. The van der Waals surface area contributed by atoms with Crippen LogP contribution in [0.15, 0.2) is 18.2 Å². The molecule has 3 nitrogen and oxygen atoms in total. The van der Waals surface area contributed by atoms with Gasteiger partial charge in [-0.05, 0) is 37.4 Å². The van der Waals surface area contributed by atoms with E-state index in [1.165, 1.54) is 0 Å². The van der Waals surface area contributed by atoms with E-state index in [4.69, 9.17) is 23.2 Å². The SMILES string of the molecule is CC(C)NCC1CCCN(C(=O)c2c(Cl)cccc2Cl)C1. The molecule has 1 unspecified atom stereocenters. The number of carbonyl (C=O) groups is 1. The van der Waals surface area contributed by atoms with Crippen LogP contribution in [-0.2, 0) is 0 Å². The van der Waals surface area contributed by atoms with Crippen LogP contribution in [0.4, 0.5) is 0 Å². The van der Waals surface area contributed by atoms with Gasteiger partial charge in [0.05, 0.1) is 15.6 Å². The van der Waals surface area contributed by atoms with Crippen molar-refractivity contribution >= 4 is 29.1 Å². The van der Waals surface area contributed by atoms with Crippen LogP contribution in [0.25, 0.3) is 0 Å². The average Bonchev–Trinajstić information content (AvgIpc) is 2.45. The lowest BCUT2D eigenvalue weighted by atomic mass is 9.97. The summed E-state index contributed by atoms with van der Waals surface area (Å²) in [4.78, 5) is 14.5. The van der Waals surface area contributed by atoms with Gasteiger partial charge in [-0.1, -0.05) is 43.1 Å². The molecule has 116 valence electrons. The summed E-state index contributed by atoms with van der Waals surface area (Å²) in [6.45, 7) is 6.75. The predicted octanol–water partition coefficient (Wildman–Crippen LogP) is 3.84. The molecule has 21 heavy (non-hydrogen) atoms. The molecule has 1 amide bonds. The monoisotopic (exact) mass is 328 g/mol. The molecule has 1 heterocycles. The molecule has 1 fully saturated rings. The molecule has 1 saturated heterocycles. The minimum atomic E-state index is -0.0557. The Morgan fingerprint density at radius 3 is 2.67 bits per heavy atom. The summed E-state index contributed by atoms with van der Waals surface area (Å²) in [5, 5.41) is 4.30. The Hall–Kier alpha value is -0.770. The maximum absolute atomic E-state index is 12.7.